The molecule has 0 aliphatic carbocycles. The van der Waals surface area contributed by atoms with Gasteiger partial charge in [0, 0.05) is 92.6 Å². The normalized spacial score (nSPS) is 25.1. The van der Waals surface area contributed by atoms with E-state index in [4.69, 9.17) is 0 Å². The summed E-state index contributed by atoms with van der Waals surface area (Å²) in [4.78, 5) is 67.9. The molecule has 0 radical (unpaired) electrons. The van der Waals surface area contributed by atoms with Gasteiger partial charge in [-0.25, -0.2) is 19.2 Å². The topological polar surface area (TPSA) is 94.2 Å². The van der Waals surface area contributed by atoms with Crippen LogP contribution in [0.3, 0.4) is 0 Å². The number of nitrogens with zero attached hydrogens (tertiary/aromatic N) is 8. The molecule has 0 spiro atoms. The van der Waals surface area contributed by atoms with Crippen molar-refractivity contribution < 1.29 is 19.2 Å². The highest BCUT2D eigenvalue weighted by atomic mass is 33.1. The third-order valence-corrected chi connectivity index (χ3v) is 11.5. The van der Waals surface area contributed by atoms with E-state index in [9.17, 15) is 19.2 Å². The van der Waals surface area contributed by atoms with E-state index in [2.05, 4.69) is 63.1 Å². The molecule has 4 aliphatic rings. The van der Waals surface area contributed by atoms with Gasteiger partial charge in [-0.2, -0.15) is 63.1 Å². The molecular formula is C25H44N8O4S7. The predicted molar refractivity (Wildman–Crippen MR) is 195 cm³/mol. The van der Waals surface area contributed by atoms with E-state index in [-0.39, 0.29) is 48.8 Å². The number of thiol groups is 5. The van der Waals surface area contributed by atoms with E-state index in [0.717, 1.165) is 6.42 Å². The minimum atomic E-state index is -0.381. The molecule has 4 rings (SSSR count). The molecule has 4 fully saturated rings. The van der Waals surface area contributed by atoms with Crippen LogP contribution in [0.4, 0.5) is 19.2 Å². The van der Waals surface area contributed by atoms with Crippen molar-refractivity contribution in [3.8, 4) is 0 Å². The monoisotopic (exact) mass is 744 g/mol. The molecule has 12 nitrogen and oxygen atoms in total. The number of urea groups is 4. The number of carbonyl (C=O) groups is 4. The van der Waals surface area contributed by atoms with Gasteiger partial charge >= 0.3 is 24.1 Å². The second kappa shape index (κ2) is 17.1. The van der Waals surface area contributed by atoms with Crippen molar-refractivity contribution in [2.45, 2.75) is 38.0 Å². The van der Waals surface area contributed by atoms with Crippen LogP contribution in [0.5, 0.6) is 0 Å². The first-order valence-corrected chi connectivity index (χ1v) is 20.6. The van der Waals surface area contributed by atoms with Crippen LogP contribution < -0.4 is 0 Å². The van der Waals surface area contributed by atoms with Gasteiger partial charge in [-0.15, -0.1) is 0 Å². The average Bonchev–Trinajstić information content (AvgIpc) is 3.62. The van der Waals surface area contributed by atoms with Gasteiger partial charge in [0.15, 0.2) is 0 Å². The molecule has 0 saturated carbocycles. The molecular weight excluding hydrogens is 701 g/mol. The van der Waals surface area contributed by atoms with Gasteiger partial charge in [0.25, 0.3) is 0 Å². The maximum absolute atomic E-state index is 13.5. The van der Waals surface area contributed by atoms with Gasteiger partial charge in [0.1, 0.15) is 24.7 Å². The molecule has 0 aromatic rings. The lowest BCUT2D eigenvalue weighted by atomic mass is 10.3. The van der Waals surface area contributed by atoms with Crippen LogP contribution in [0.2, 0.25) is 0 Å². The van der Waals surface area contributed by atoms with Gasteiger partial charge < -0.3 is 4.90 Å². The van der Waals surface area contributed by atoms with Crippen molar-refractivity contribution in [2.24, 2.45) is 0 Å². The Labute approximate surface area is 296 Å². The third-order valence-electron chi connectivity index (χ3n) is 8.14. The van der Waals surface area contributed by atoms with Crippen molar-refractivity contribution in [1.82, 2.24) is 39.2 Å². The Morgan fingerprint density at radius 2 is 0.659 bits per heavy atom. The van der Waals surface area contributed by atoms with Crippen molar-refractivity contribution >= 4 is 109 Å². The Balaban J connectivity index is 1.37. The second-order valence-corrected chi connectivity index (χ2v) is 15.5. The van der Waals surface area contributed by atoms with Crippen molar-refractivity contribution in [1.29, 1.82) is 0 Å². The predicted octanol–water partition coefficient (Wildman–Crippen LogP) is 2.68. The molecule has 44 heavy (non-hydrogen) atoms. The number of rotatable bonds is 19. The van der Waals surface area contributed by atoms with Gasteiger partial charge in [0.2, 0.25) is 0 Å². The zero-order valence-electron chi connectivity index (χ0n) is 24.9. The van der Waals surface area contributed by atoms with Crippen LogP contribution in [0.15, 0.2) is 0 Å². The largest absolute Gasteiger partial charge is 0.323 e. The number of hydrogen-bond acceptors (Lipinski definition) is 11. The molecule has 4 aliphatic heterocycles. The Bertz CT molecular complexity index is 951. The highest BCUT2D eigenvalue weighted by Gasteiger charge is 2.59. The van der Waals surface area contributed by atoms with Crippen LogP contribution >= 0.6 is 84.7 Å². The number of fused-ring (bicyclic) bond motifs is 2. The summed E-state index contributed by atoms with van der Waals surface area (Å²) in [5.41, 5.74) is 0. The fourth-order valence-corrected chi connectivity index (χ4v) is 9.53. The Kier molecular flexibility index (Phi) is 14.1. The third kappa shape index (κ3) is 7.03. The highest BCUT2D eigenvalue weighted by molar-refractivity contribution is 8.76. The molecule has 0 N–H and O–H groups in total. The van der Waals surface area contributed by atoms with Crippen molar-refractivity contribution in [3.63, 3.8) is 0 Å². The molecule has 4 heterocycles. The first kappa shape index (κ1) is 36.4. The lowest BCUT2D eigenvalue weighted by Crippen LogP contribution is -2.48. The van der Waals surface area contributed by atoms with Gasteiger partial charge in [-0.3, -0.25) is 34.3 Å². The van der Waals surface area contributed by atoms with E-state index in [1.165, 1.54) is 0 Å². The first-order valence-electron chi connectivity index (χ1n) is 14.9. The highest BCUT2D eigenvalue weighted by Crippen LogP contribution is 2.37. The van der Waals surface area contributed by atoms with Crippen LogP contribution in [-0.2, 0) is 0 Å². The van der Waals surface area contributed by atoms with Gasteiger partial charge in [-0.05, 0) is 6.42 Å². The molecule has 0 aromatic heterocycles. The van der Waals surface area contributed by atoms with Crippen molar-refractivity contribution in [2.75, 3.05) is 92.6 Å². The smallest absolute Gasteiger partial charge is 0.300 e. The molecule has 0 bridgehead atoms. The minimum Gasteiger partial charge on any atom is -0.300 e. The van der Waals surface area contributed by atoms with E-state index in [0.29, 0.717) is 92.6 Å². The molecule has 4 saturated heterocycles. The SMILES string of the molecule is CCCN1C(=O)N(CCS)C2C1N(CCS)C(=O)N2CCSSCCN1C(=O)N(CCS)C2C1N(CCS)C(=O)N2CCS. The summed E-state index contributed by atoms with van der Waals surface area (Å²) in [5, 5.41) is 0. The molecule has 4 unspecified atom stereocenters. The Morgan fingerprint density at radius 1 is 0.432 bits per heavy atom. The molecule has 8 amide bonds. The Morgan fingerprint density at radius 3 is 0.886 bits per heavy atom. The molecule has 19 heteroatoms. The van der Waals surface area contributed by atoms with E-state index < -0.39 is 0 Å². The summed E-state index contributed by atoms with van der Waals surface area (Å²) in [6, 6.07) is -0.311. The maximum atomic E-state index is 13.5. The average molecular weight is 745 g/mol. The lowest BCUT2D eigenvalue weighted by molar-refractivity contribution is 0.132. The first-order chi connectivity index (χ1) is 21.3. The van der Waals surface area contributed by atoms with Crippen LogP contribution in [-0.4, -0.2) is 181 Å². The summed E-state index contributed by atoms with van der Waals surface area (Å²) < 4.78 is 0. The van der Waals surface area contributed by atoms with Crippen LogP contribution in [0.25, 0.3) is 0 Å². The van der Waals surface area contributed by atoms with Gasteiger partial charge in [-0.1, -0.05) is 28.5 Å². The summed E-state index contributed by atoms with van der Waals surface area (Å²) in [6.45, 7) is 5.88. The maximum Gasteiger partial charge on any atom is 0.323 e. The standard InChI is InChI=1S/C25H44N8O4S7/c1-2-3-26-18-20(30(7-14-41)22(26)34)32(24(36)27(18)4-11-38)9-16-43-44-17-10-33-21-19(29(6-13-40)25(33)37)28(5-12-39)23(35)31(21)8-15-42/h18-21,38-42H,2-17H2,1H3. The molecule has 250 valence electrons. The quantitative estimate of drug-likeness (QED) is 0.0795. The second-order valence-electron chi connectivity index (χ2n) is 10.6. The molecule has 0 aromatic carbocycles. The number of carbonyl (C=O) groups excluding carboxylic acids is 4. The number of hydrogen-bond donors (Lipinski definition) is 5. The lowest BCUT2D eigenvalue weighted by Gasteiger charge is -2.30. The summed E-state index contributed by atoms with van der Waals surface area (Å²) in [7, 11) is 3.27. The van der Waals surface area contributed by atoms with E-state index in [1.807, 2.05) is 16.7 Å². The fraction of sp³-hybridized carbons (Fsp3) is 0.840. The summed E-state index contributed by atoms with van der Waals surface area (Å²) >= 11 is 21.8. The van der Waals surface area contributed by atoms with Crippen LogP contribution in [0, 0.1) is 0 Å². The zero-order valence-corrected chi connectivity index (χ0v) is 31.0. The molecule has 4 atom stereocenters. The zero-order chi connectivity index (χ0) is 32.0. The van der Waals surface area contributed by atoms with E-state index >= 15 is 0 Å². The minimum absolute atomic E-state index is 0.0505. The Hall–Kier alpha value is -0.470. The summed E-state index contributed by atoms with van der Waals surface area (Å²) in [6.07, 6.45) is -0.629. The number of amides is 8. The fourth-order valence-electron chi connectivity index (χ4n) is 6.52. The van der Waals surface area contributed by atoms with Gasteiger partial charge in [0.05, 0.1) is 0 Å². The van der Waals surface area contributed by atoms with E-state index in [1.54, 1.807) is 51.0 Å². The van der Waals surface area contributed by atoms with Crippen LogP contribution in [0.1, 0.15) is 13.3 Å². The summed E-state index contributed by atoms with van der Waals surface area (Å²) in [5.74, 6) is 3.85. The van der Waals surface area contributed by atoms with Crippen molar-refractivity contribution in [3.05, 3.63) is 0 Å².